The van der Waals surface area contributed by atoms with Gasteiger partial charge in [-0.25, -0.2) is 8.42 Å². The number of halogens is 3. The number of sulfonamides is 1. The molecule has 0 radical (unpaired) electrons. The Balaban J connectivity index is 1.70. The summed E-state index contributed by atoms with van der Waals surface area (Å²) in [6.45, 7) is 1.13. The first-order valence-electron chi connectivity index (χ1n) is 9.00. The quantitative estimate of drug-likeness (QED) is 0.724. The summed E-state index contributed by atoms with van der Waals surface area (Å²) in [5, 5.41) is 2.52. The Kier molecular flexibility index (Phi) is 6.59. The van der Waals surface area contributed by atoms with E-state index in [-0.39, 0.29) is 29.2 Å². The molecule has 0 spiro atoms. The van der Waals surface area contributed by atoms with E-state index in [2.05, 4.69) is 5.32 Å². The SMILES string of the molecule is O=C(/C=C/c1cccc(C(F)(F)F)c1)Nc1cccc(S(=O)(=O)N2CCOCC2)c1. The fraction of sp³-hybridized carbons (Fsp3) is 0.250. The Labute approximate surface area is 172 Å². The molecule has 6 nitrogen and oxygen atoms in total. The molecule has 1 amide bonds. The minimum absolute atomic E-state index is 0.0315. The number of rotatable bonds is 5. The smallest absolute Gasteiger partial charge is 0.379 e. The van der Waals surface area contributed by atoms with Crippen LogP contribution in [0.5, 0.6) is 0 Å². The maximum absolute atomic E-state index is 12.8. The molecule has 2 aromatic carbocycles. The fourth-order valence-electron chi connectivity index (χ4n) is 2.84. The number of morpholine rings is 1. The Morgan fingerprint density at radius 3 is 2.47 bits per heavy atom. The average molecular weight is 440 g/mol. The molecule has 0 saturated carbocycles. The number of alkyl halides is 3. The molecular formula is C20H19F3N2O4S. The van der Waals surface area contributed by atoms with Gasteiger partial charge < -0.3 is 10.1 Å². The van der Waals surface area contributed by atoms with Gasteiger partial charge in [-0.1, -0.05) is 18.2 Å². The lowest BCUT2D eigenvalue weighted by atomic mass is 10.1. The molecule has 1 fully saturated rings. The van der Waals surface area contributed by atoms with Crippen LogP contribution in [0.4, 0.5) is 18.9 Å². The number of ether oxygens (including phenoxy) is 1. The first-order chi connectivity index (χ1) is 14.2. The van der Waals surface area contributed by atoms with Crippen LogP contribution in [0.1, 0.15) is 11.1 Å². The van der Waals surface area contributed by atoms with Crippen molar-refractivity contribution in [2.75, 3.05) is 31.6 Å². The van der Waals surface area contributed by atoms with E-state index in [1.807, 2.05) is 0 Å². The predicted octanol–water partition coefficient (Wildman–Crippen LogP) is 3.38. The average Bonchev–Trinajstić information content (AvgIpc) is 2.73. The van der Waals surface area contributed by atoms with E-state index < -0.39 is 27.7 Å². The van der Waals surface area contributed by atoms with Crippen molar-refractivity contribution in [1.29, 1.82) is 0 Å². The lowest BCUT2D eigenvalue weighted by molar-refractivity contribution is -0.137. The molecule has 1 N–H and O–H groups in total. The van der Waals surface area contributed by atoms with Gasteiger partial charge in [0.1, 0.15) is 0 Å². The summed E-state index contributed by atoms with van der Waals surface area (Å²) < 4.78 is 70.2. The molecule has 1 saturated heterocycles. The van der Waals surface area contributed by atoms with Crippen molar-refractivity contribution in [3.05, 3.63) is 65.7 Å². The van der Waals surface area contributed by atoms with Crippen molar-refractivity contribution in [2.24, 2.45) is 0 Å². The van der Waals surface area contributed by atoms with E-state index >= 15 is 0 Å². The summed E-state index contributed by atoms with van der Waals surface area (Å²) in [6, 6.07) is 10.3. The highest BCUT2D eigenvalue weighted by Crippen LogP contribution is 2.29. The van der Waals surface area contributed by atoms with Gasteiger partial charge >= 0.3 is 6.18 Å². The molecule has 2 aromatic rings. The zero-order valence-corrected chi connectivity index (χ0v) is 16.5. The van der Waals surface area contributed by atoms with Gasteiger partial charge in [0.2, 0.25) is 15.9 Å². The molecular weight excluding hydrogens is 421 g/mol. The largest absolute Gasteiger partial charge is 0.416 e. The Morgan fingerprint density at radius 2 is 1.77 bits per heavy atom. The normalized spacial score (nSPS) is 16.0. The Morgan fingerprint density at radius 1 is 1.07 bits per heavy atom. The summed E-state index contributed by atoms with van der Waals surface area (Å²) in [5.74, 6) is -0.603. The standard InChI is InChI=1S/C20H19F3N2O4S/c21-20(22,23)16-4-1-3-15(13-16)7-8-19(26)24-17-5-2-6-18(14-17)30(27,28)25-9-11-29-12-10-25/h1-8,13-14H,9-12H2,(H,24,26)/b8-7+. The molecule has 0 unspecified atom stereocenters. The van der Waals surface area contributed by atoms with Crippen LogP contribution >= 0.6 is 0 Å². The van der Waals surface area contributed by atoms with Crippen molar-refractivity contribution < 1.29 is 31.1 Å². The second kappa shape index (κ2) is 8.99. The van der Waals surface area contributed by atoms with Crippen LogP contribution in [-0.2, 0) is 25.7 Å². The van der Waals surface area contributed by atoms with E-state index in [1.165, 1.54) is 46.8 Å². The summed E-state index contributed by atoms with van der Waals surface area (Å²) >= 11 is 0. The van der Waals surface area contributed by atoms with Gasteiger partial charge in [0.15, 0.2) is 0 Å². The predicted molar refractivity (Wildman–Crippen MR) is 105 cm³/mol. The minimum atomic E-state index is -4.47. The molecule has 3 rings (SSSR count). The lowest BCUT2D eigenvalue weighted by Gasteiger charge is -2.26. The third kappa shape index (κ3) is 5.47. The van der Waals surface area contributed by atoms with Crippen LogP contribution in [0.25, 0.3) is 6.08 Å². The van der Waals surface area contributed by atoms with Crippen molar-refractivity contribution in [3.63, 3.8) is 0 Å². The molecule has 30 heavy (non-hydrogen) atoms. The van der Waals surface area contributed by atoms with Crippen LogP contribution in [-0.4, -0.2) is 44.9 Å². The third-order valence-corrected chi connectivity index (χ3v) is 6.25. The first-order valence-corrected chi connectivity index (χ1v) is 10.4. The Bertz CT molecular complexity index is 1050. The molecule has 1 heterocycles. The van der Waals surface area contributed by atoms with Crippen molar-refractivity contribution in [2.45, 2.75) is 11.1 Å². The van der Waals surface area contributed by atoms with Gasteiger partial charge in [-0.15, -0.1) is 0 Å². The summed E-state index contributed by atoms with van der Waals surface area (Å²) in [6.07, 6.45) is -2.14. The fourth-order valence-corrected chi connectivity index (χ4v) is 4.30. The highest BCUT2D eigenvalue weighted by Gasteiger charge is 2.30. The number of hydrogen-bond acceptors (Lipinski definition) is 4. The van der Waals surface area contributed by atoms with Crippen LogP contribution in [0.3, 0.4) is 0 Å². The van der Waals surface area contributed by atoms with Gasteiger partial charge in [-0.3, -0.25) is 4.79 Å². The number of hydrogen-bond donors (Lipinski definition) is 1. The van der Waals surface area contributed by atoms with Crippen LogP contribution in [0, 0.1) is 0 Å². The van der Waals surface area contributed by atoms with Gasteiger partial charge in [-0.05, 0) is 42.0 Å². The number of benzene rings is 2. The highest BCUT2D eigenvalue weighted by molar-refractivity contribution is 7.89. The number of nitrogens with one attached hydrogen (secondary N) is 1. The molecule has 0 bridgehead atoms. The zero-order chi connectivity index (χ0) is 21.8. The topological polar surface area (TPSA) is 75.7 Å². The van der Waals surface area contributed by atoms with E-state index in [4.69, 9.17) is 4.74 Å². The molecule has 1 aliphatic rings. The van der Waals surface area contributed by atoms with Crippen LogP contribution in [0.15, 0.2) is 59.5 Å². The number of nitrogens with zero attached hydrogens (tertiary/aromatic N) is 1. The van der Waals surface area contributed by atoms with Gasteiger partial charge in [0.25, 0.3) is 0 Å². The maximum Gasteiger partial charge on any atom is 0.416 e. The van der Waals surface area contributed by atoms with Crippen molar-refractivity contribution in [3.8, 4) is 0 Å². The van der Waals surface area contributed by atoms with E-state index in [0.717, 1.165) is 18.2 Å². The molecule has 0 aromatic heterocycles. The molecule has 0 atom stereocenters. The lowest BCUT2D eigenvalue weighted by Crippen LogP contribution is -2.40. The van der Waals surface area contributed by atoms with Crippen LogP contribution < -0.4 is 5.32 Å². The minimum Gasteiger partial charge on any atom is -0.379 e. The maximum atomic E-state index is 12.8. The van der Waals surface area contributed by atoms with Crippen molar-refractivity contribution >= 4 is 27.7 Å². The summed E-state index contributed by atoms with van der Waals surface area (Å²) in [5.41, 5.74) is -0.349. The highest BCUT2D eigenvalue weighted by atomic mass is 32.2. The number of amides is 1. The van der Waals surface area contributed by atoms with E-state index in [1.54, 1.807) is 0 Å². The molecule has 1 aliphatic heterocycles. The van der Waals surface area contributed by atoms with Gasteiger partial charge in [0.05, 0.1) is 23.7 Å². The zero-order valence-electron chi connectivity index (χ0n) is 15.7. The van der Waals surface area contributed by atoms with Gasteiger partial charge in [-0.2, -0.15) is 17.5 Å². The number of carbonyl (C=O) groups is 1. The number of carbonyl (C=O) groups excluding carboxylic acids is 1. The van der Waals surface area contributed by atoms with E-state index in [0.29, 0.717) is 13.2 Å². The second-order valence-corrected chi connectivity index (χ2v) is 8.43. The molecule has 160 valence electrons. The Hall–Kier alpha value is -2.69. The van der Waals surface area contributed by atoms with Crippen molar-refractivity contribution in [1.82, 2.24) is 4.31 Å². The third-order valence-electron chi connectivity index (χ3n) is 4.35. The monoisotopic (exact) mass is 440 g/mol. The molecule has 10 heteroatoms. The molecule has 0 aliphatic carbocycles. The van der Waals surface area contributed by atoms with E-state index in [9.17, 15) is 26.4 Å². The summed E-state index contributed by atoms with van der Waals surface area (Å²) in [7, 11) is -3.72. The second-order valence-electron chi connectivity index (χ2n) is 6.49. The van der Waals surface area contributed by atoms with Crippen LogP contribution in [0.2, 0.25) is 0 Å². The summed E-state index contributed by atoms with van der Waals surface area (Å²) in [4.78, 5) is 12.2. The first kappa shape index (κ1) is 22.0. The van der Waals surface area contributed by atoms with Gasteiger partial charge in [0, 0.05) is 24.9 Å². The number of anilines is 1.